The summed E-state index contributed by atoms with van der Waals surface area (Å²) in [5.74, 6) is -0.0337. The second kappa shape index (κ2) is 10.1. The molecule has 42 heavy (non-hydrogen) atoms. The normalized spacial score (nSPS) is 11.7. The van der Waals surface area contributed by atoms with Gasteiger partial charge in [0, 0.05) is 60.2 Å². The molecule has 0 aliphatic rings. The number of anilines is 1. The molecule has 0 saturated heterocycles. The van der Waals surface area contributed by atoms with Crippen LogP contribution in [-0.4, -0.2) is 49.6 Å². The van der Waals surface area contributed by atoms with E-state index in [2.05, 4.69) is 20.3 Å². The number of imidazole rings is 1. The van der Waals surface area contributed by atoms with Crippen LogP contribution in [0.3, 0.4) is 0 Å². The Kier molecular flexibility index (Phi) is 6.53. The van der Waals surface area contributed by atoms with E-state index in [0.717, 1.165) is 16.1 Å². The lowest BCUT2D eigenvalue weighted by Gasteiger charge is -2.20. The maximum atomic E-state index is 14.3. The Balaban J connectivity index is 1.60. The Labute approximate surface area is 241 Å². The van der Waals surface area contributed by atoms with Crippen molar-refractivity contribution in [1.82, 2.24) is 20.3 Å². The standard InChI is InChI=1S/C31H26FN5O4S/c1-17-8-10-18(11-9-17)29-27(31(38)33-2)22-13-21(25(14-26(22)41-29)37(3)42(4,39)40)19-12-20(16-34-15-19)30-35-24-7-5-6-23(32)28(24)36-30/h5-16H,1-4H3,(H,33,38)(H,35,36). The molecule has 0 saturated carbocycles. The van der Waals surface area contributed by atoms with Gasteiger partial charge in [-0.15, -0.1) is 0 Å². The second-order valence-electron chi connectivity index (χ2n) is 10.0. The summed E-state index contributed by atoms with van der Waals surface area (Å²) in [4.78, 5) is 25.1. The number of pyridine rings is 1. The van der Waals surface area contributed by atoms with Crippen molar-refractivity contribution < 1.29 is 22.0 Å². The summed E-state index contributed by atoms with van der Waals surface area (Å²) in [6, 6.07) is 17.4. The number of halogens is 1. The number of fused-ring (bicyclic) bond motifs is 2. The predicted molar refractivity (Wildman–Crippen MR) is 161 cm³/mol. The van der Waals surface area contributed by atoms with Gasteiger partial charge in [0.25, 0.3) is 5.91 Å². The number of H-pyrrole nitrogens is 1. The second-order valence-corrected chi connectivity index (χ2v) is 12.0. The van der Waals surface area contributed by atoms with Gasteiger partial charge in [0.05, 0.1) is 23.0 Å². The van der Waals surface area contributed by atoms with Crippen molar-refractivity contribution in [1.29, 1.82) is 0 Å². The van der Waals surface area contributed by atoms with Crippen LogP contribution in [0.2, 0.25) is 0 Å². The number of carbonyl (C=O) groups excluding carboxylic acids is 1. The van der Waals surface area contributed by atoms with E-state index in [-0.39, 0.29) is 11.4 Å². The molecule has 0 bridgehead atoms. The van der Waals surface area contributed by atoms with Crippen molar-refractivity contribution in [2.75, 3.05) is 24.7 Å². The van der Waals surface area contributed by atoms with E-state index in [4.69, 9.17) is 4.42 Å². The smallest absolute Gasteiger partial charge is 0.255 e. The molecule has 0 aliphatic carbocycles. The number of rotatable bonds is 6. The van der Waals surface area contributed by atoms with E-state index in [1.807, 2.05) is 31.2 Å². The zero-order chi connectivity index (χ0) is 29.8. The van der Waals surface area contributed by atoms with Gasteiger partial charge in [-0.2, -0.15) is 0 Å². The van der Waals surface area contributed by atoms with E-state index >= 15 is 0 Å². The van der Waals surface area contributed by atoms with E-state index in [1.54, 1.807) is 42.7 Å². The summed E-state index contributed by atoms with van der Waals surface area (Å²) >= 11 is 0. The summed E-state index contributed by atoms with van der Waals surface area (Å²) in [7, 11) is -0.704. The molecule has 1 amide bonds. The number of hydrogen-bond acceptors (Lipinski definition) is 6. The molecule has 212 valence electrons. The average molecular weight is 584 g/mol. The van der Waals surface area contributed by atoms with Gasteiger partial charge in [-0.05, 0) is 31.2 Å². The first-order valence-corrected chi connectivity index (χ1v) is 14.8. The fourth-order valence-electron chi connectivity index (χ4n) is 4.91. The van der Waals surface area contributed by atoms with Crippen molar-refractivity contribution >= 4 is 43.6 Å². The molecular weight excluding hydrogens is 557 g/mol. The molecule has 0 spiro atoms. The lowest BCUT2D eigenvalue weighted by atomic mass is 9.98. The first-order valence-electron chi connectivity index (χ1n) is 13.0. The van der Waals surface area contributed by atoms with Gasteiger partial charge in [0.15, 0.2) is 5.82 Å². The van der Waals surface area contributed by atoms with Crippen molar-refractivity contribution in [2.45, 2.75) is 6.92 Å². The number of nitrogens with one attached hydrogen (secondary N) is 2. The summed E-state index contributed by atoms with van der Waals surface area (Å²) in [5, 5.41) is 3.19. The third kappa shape index (κ3) is 4.67. The summed E-state index contributed by atoms with van der Waals surface area (Å²) < 4.78 is 47.2. The molecule has 0 unspecified atom stereocenters. The first kappa shape index (κ1) is 27.2. The fraction of sp³-hybridized carbons (Fsp3) is 0.129. The lowest BCUT2D eigenvalue weighted by Crippen LogP contribution is -2.25. The largest absolute Gasteiger partial charge is 0.455 e. The molecular formula is C31H26FN5O4S. The maximum Gasteiger partial charge on any atom is 0.255 e. The molecule has 0 fully saturated rings. The molecule has 6 rings (SSSR count). The van der Waals surface area contributed by atoms with Crippen LogP contribution < -0.4 is 9.62 Å². The highest BCUT2D eigenvalue weighted by Gasteiger charge is 2.26. The molecule has 0 radical (unpaired) electrons. The number of furan rings is 1. The van der Waals surface area contributed by atoms with Crippen LogP contribution in [-0.2, 0) is 10.0 Å². The van der Waals surface area contributed by atoms with Gasteiger partial charge in [-0.3, -0.25) is 14.1 Å². The zero-order valence-electron chi connectivity index (χ0n) is 23.2. The van der Waals surface area contributed by atoms with Gasteiger partial charge in [-0.25, -0.2) is 17.8 Å². The van der Waals surface area contributed by atoms with Crippen molar-refractivity contribution in [2.24, 2.45) is 0 Å². The molecule has 6 aromatic rings. The molecule has 0 atom stereocenters. The fourth-order valence-corrected chi connectivity index (χ4v) is 5.42. The highest BCUT2D eigenvalue weighted by Crippen LogP contribution is 2.41. The summed E-state index contributed by atoms with van der Waals surface area (Å²) in [5.41, 5.74) is 5.10. The third-order valence-corrected chi connectivity index (χ3v) is 8.39. The van der Waals surface area contributed by atoms with Crippen LogP contribution in [0.25, 0.3) is 55.8 Å². The van der Waals surface area contributed by atoms with E-state index in [9.17, 15) is 17.6 Å². The predicted octanol–water partition coefficient (Wildman–Crippen LogP) is 5.91. The number of sulfonamides is 1. The van der Waals surface area contributed by atoms with Crippen LogP contribution >= 0.6 is 0 Å². The van der Waals surface area contributed by atoms with Crippen molar-refractivity contribution in [3.05, 3.63) is 90.0 Å². The van der Waals surface area contributed by atoms with Crippen LogP contribution in [0.15, 0.2) is 77.5 Å². The topological polar surface area (TPSA) is 121 Å². The van der Waals surface area contributed by atoms with Crippen molar-refractivity contribution in [3.63, 3.8) is 0 Å². The monoisotopic (exact) mass is 583 g/mol. The Morgan fingerprint density at radius 1 is 1.02 bits per heavy atom. The Hall–Kier alpha value is -5.03. The number of benzene rings is 3. The highest BCUT2D eigenvalue weighted by molar-refractivity contribution is 7.92. The number of hydrogen-bond donors (Lipinski definition) is 2. The van der Waals surface area contributed by atoms with E-state index < -0.39 is 15.8 Å². The first-order chi connectivity index (χ1) is 20.0. The van der Waals surface area contributed by atoms with Gasteiger partial charge in [-0.1, -0.05) is 35.9 Å². The number of aryl methyl sites for hydroxylation is 1. The van der Waals surface area contributed by atoms with Gasteiger partial charge in [0.1, 0.15) is 22.7 Å². The molecule has 3 heterocycles. The van der Waals surface area contributed by atoms with Crippen molar-refractivity contribution in [3.8, 4) is 33.8 Å². The summed E-state index contributed by atoms with van der Waals surface area (Å²) in [6.45, 7) is 1.96. The number of para-hydroxylation sites is 1. The Morgan fingerprint density at radius 3 is 2.45 bits per heavy atom. The van der Waals surface area contributed by atoms with E-state index in [1.165, 1.54) is 20.2 Å². The SMILES string of the molecule is CNC(=O)c1c(-c2ccc(C)cc2)oc2cc(N(C)S(C)(=O)=O)c(-c3cncc(-c4nc5c(F)cccc5[nH]4)c3)cc12. The van der Waals surface area contributed by atoms with Gasteiger partial charge >= 0.3 is 0 Å². The number of nitrogens with zero attached hydrogens (tertiary/aromatic N) is 3. The minimum absolute atomic E-state index is 0.203. The minimum Gasteiger partial charge on any atom is -0.455 e. The molecule has 9 nitrogen and oxygen atoms in total. The highest BCUT2D eigenvalue weighted by atomic mass is 32.2. The molecule has 11 heteroatoms. The number of carbonyl (C=O) groups is 1. The van der Waals surface area contributed by atoms with Crippen LogP contribution in [0.1, 0.15) is 15.9 Å². The lowest BCUT2D eigenvalue weighted by molar-refractivity contribution is 0.0964. The van der Waals surface area contributed by atoms with Gasteiger partial charge < -0.3 is 14.7 Å². The minimum atomic E-state index is -3.69. The maximum absolute atomic E-state index is 14.3. The van der Waals surface area contributed by atoms with E-state index in [0.29, 0.717) is 61.6 Å². The number of amides is 1. The summed E-state index contributed by atoms with van der Waals surface area (Å²) in [6.07, 6.45) is 4.28. The Morgan fingerprint density at radius 2 is 1.76 bits per heavy atom. The molecule has 2 N–H and O–H groups in total. The van der Waals surface area contributed by atoms with Crippen LogP contribution in [0, 0.1) is 12.7 Å². The van der Waals surface area contributed by atoms with Crippen LogP contribution in [0.4, 0.5) is 10.1 Å². The third-order valence-electron chi connectivity index (χ3n) is 7.20. The molecule has 3 aromatic carbocycles. The number of aromatic nitrogens is 3. The molecule has 3 aromatic heterocycles. The zero-order valence-corrected chi connectivity index (χ0v) is 24.0. The van der Waals surface area contributed by atoms with Crippen LogP contribution in [0.5, 0.6) is 0 Å². The average Bonchev–Trinajstić information content (AvgIpc) is 3.58. The molecule has 0 aliphatic heterocycles. The van der Waals surface area contributed by atoms with Gasteiger partial charge in [0.2, 0.25) is 10.0 Å². The Bertz CT molecular complexity index is 2120. The quantitative estimate of drug-likeness (QED) is 0.252. The number of aromatic amines is 1.